The SMILES string of the molecule is O=C(NCc1cc(C(F)(F)F)ccc1F)N1C[C@H]2CC[C@H]1C2. The lowest BCUT2D eigenvalue weighted by molar-refractivity contribution is -0.137. The highest BCUT2D eigenvalue weighted by molar-refractivity contribution is 5.75. The van der Waals surface area contributed by atoms with Crippen molar-refractivity contribution in [3.63, 3.8) is 0 Å². The number of hydrogen-bond donors (Lipinski definition) is 1. The number of urea groups is 1. The van der Waals surface area contributed by atoms with Crippen LogP contribution < -0.4 is 5.32 Å². The minimum absolute atomic E-state index is 0.160. The quantitative estimate of drug-likeness (QED) is 0.832. The van der Waals surface area contributed by atoms with E-state index in [1.54, 1.807) is 4.90 Å². The van der Waals surface area contributed by atoms with E-state index in [0.717, 1.165) is 31.4 Å². The summed E-state index contributed by atoms with van der Waals surface area (Å²) in [5.41, 5.74) is -1.08. The normalized spacial score (nSPS) is 23.9. The average molecular weight is 316 g/mol. The molecule has 0 spiro atoms. The van der Waals surface area contributed by atoms with Crippen LogP contribution in [0.4, 0.5) is 22.4 Å². The van der Waals surface area contributed by atoms with Crippen molar-refractivity contribution in [2.24, 2.45) is 5.92 Å². The number of rotatable bonds is 2. The molecule has 1 aliphatic carbocycles. The summed E-state index contributed by atoms with van der Waals surface area (Å²) in [4.78, 5) is 13.8. The summed E-state index contributed by atoms with van der Waals surface area (Å²) in [6, 6.07) is 2.11. The fourth-order valence-corrected chi connectivity index (χ4v) is 3.33. The Morgan fingerprint density at radius 3 is 2.68 bits per heavy atom. The Morgan fingerprint density at radius 2 is 2.09 bits per heavy atom. The van der Waals surface area contributed by atoms with E-state index >= 15 is 0 Å². The first kappa shape index (κ1) is 15.1. The van der Waals surface area contributed by atoms with Crippen LogP contribution >= 0.6 is 0 Å². The van der Waals surface area contributed by atoms with Gasteiger partial charge in [-0.3, -0.25) is 0 Å². The van der Waals surface area contributed by atoms with E-state index in [1.165, 1.54) is 0 Å². The zero-order chi connectivity index (χ0) is 15.9. The van der Waals surface area contributed by atoms with Gasteiger partial charge in [-0.2, -0.15) is 13.2 Å². The number of amides is 2. The molecular weight excluding hydrogens is 300 g/mol. The highest BCUT2D eigenvalue weighted by Crippen LogP contribution is 2.37. The van der Waals surface area contributed by atoms with Crippen molar-refractivity contribution in [2.75, 3.05) is 6.54 Å². The number of fused-ring (bicyclic) bond motifs is 2. The van der Waals surface area contributed by atoms with E-state index in [9.17, 15) is 22.4 Å². The molecule has 1 aromatic rings. The highest BCUT2D eigenvalue weighted by atomic mass is 19.4. The summed E-state index contributed by atoms with van der Waals surface area (Å²) in [5, 5.41) is 2.52. The lowest BCUT2D eigenvalue weighted by atomic mass is 10.1. The van der Waals surface area contributed by atoms with Crippen molar-refractivity contribution in [3.05, 3.63) is 35.1 Å². The number of piperidine rings is 1. The van der Waals surface area contributed by atoms with Gasteiger partial charge >= 0.3 is 12.2 Å². The topological polar surface area (TPSA) is 32.3 Å². The molecule has 1 N–H and O–H groups in total. The largest absolute Gasteiger partial charge is 0.416 e. The van der Waals surface area contributed by atoms with Crippen LogP contribution in [0.2, 0.25) is 0 Å². The molecule has 2 fully saturated rings. The Morgan fingerprint density at radius 1 is 1.32 bits per heavy atom. The number of alkyl halides is 3. The third-order valence-corrected chi connectivity index (χ3v) is 4.47. The van der Waals surface area contributed by atoms with Crippen LogP contribution in [-0.4, -0.2) is 23.5 Å². The minimum Gasteiger partial charge on any atom is -0.334 e. The van der Waals surface area contributed by atoms with Gasteiger partial charge in [-0.15, -0.1) is 0 Å². The van der Waals surface area contributed by atoms with Gasteiger partial charge < -0.3 is 10.2 Å². The fraction of sp³-hybridized carbons (Fsp3) is 0.533. The standard InChI is InChI=1S/C15H16F4N2O/c16-13-4-2-11(15(17,18)19)6-10(13)7-20-14(22)21-8-9-1-3-12(21)5-9/h2,4,6,9,12H,1,3,5,7-8H2,(H,20,22)/t9-,12-/m0/s1. The van der Waals surface area contributed by atoms with Gasteiger partial charge in [-0.05, 0) is 43.4 Å². The zero-order valence-electron chi connectivity index (χ0n) is 11.8. The van der Waals surface area contributed by atoms with E-state index in [-0.39, 0.29) is 24.2 Å². The number of halogens is 4. The number of benzene rings is 1. The van der Waals surface area contributed by atoms with Crippen molar-refractivity contribution < 1.29 is 22.4 Å². The van der Waals surface area contributed by atoms with Gasteiger partial charge in [0.2, 0.25) is 0 Å². The summed E-state index contributed by atoms with van der Waals surface area (Å²) < 4.78 is 51.5. The van der Waals surface area contributed by atoms with Crippen molar-refractivity contribution in [2.45, 2.75) is 38.0 Å². The van der Waals surface area contributed by atoms with E-state index in [4.69, 9.17) is 0 Å². The van der Waals surface area contributed by atoms with Crippen LogP contribution in [0.3, 0.4) is 0 Å². The van der Waals surface area contributed by atoms with Crippen LogP contribution in [0, 0.1) is 11.7 Å². The second-order valence-corrected chi connectivity index (χ2v) is 5.95. The molecule has 3 rings (SSSR count). The maximum absolute atomic E-state index is 13.6. The molecule has 3 nitrogen and oxygen atoms in total. The summed E-state index contributed by atoms with van der Waals surface area (Å²) in [6.45, 7) is 0.435. The summed E-state index contributed by atoms with van der Waals surface area (Å²) in [7, 11) is 0. The molecule has 1 saturated heterocycles. The molecule has 1 aromatic carbocycles. The van der Waals surface area contributed by atoms with Gasteiger partial charge in [0.05, 0.1) is 5.56 Å². The van der Waals surface area contributed by atoms with Crippen LogP contribution in [-0.2, 0) is 12.7 Å². The predicted octanol–water partition coefficient (Wildman–Crippen LogP) is 3.54. The lowest BCUT2D eigenvalue weighted by Crippen LogP contribution is -2.44. The van der Waals surface area contributed by atoms with Gasteiger partial charge in [-0.1, -0.05) is 0 Å². The van der Waals surface area contributed by atoms with Crippen LogP contribution in [0.5, 0.6) is 0 Å². The molecule has 0 radical (unpaired) electrons. The Hall–Kier alpha value is -1.79. The number of nitrogens with zero attached hydrogens (tertiary/aromatic N) is 1. The third kappa shape index (κ3) is 2.89. The molecular formula is C15H16F4N2O. The molecule has 7 heteroatoms. The summed E-state index contributed by atoms with van der Waals surface area (Å²) >= 11 is 0. The monoisotopic (exact) mass is 316 g/mol. The molecule has 120 valence electrons. The fourth-order valence-electron chi connectivity index (χ4n) is 3.33. The van der Waals surface area contributed by atoms with Gasteiger partial charge in [0.1, 0.15) is 5.82 Å². The second kappa shape index (κ2) is 5.44. The first-order valence-electron chi connectivity index (χ1n) is 7.24. The number of likely N-dealkylation sites (tertiary alicyclic amines) is 1. The van der Waals surface area contributed by atoms with E-state index < -0.39 is 17.6 Å². The number of carbonyl (C=O) groups is 1. The van der Waals surface area contributed by atoms with E-state index in [2.05, 4.69) is 5.32 Å². The average Bonchev–Trinajstić information content (AvgIpc) is 3.07. The molecule has 2 bridgehead atoms. The Bertz CT molecular complexity index is 587. The van der Waals surface area contributed by atoms with Gasteiger partial charge in [0.15, 0.2) is 0 Å². The molecule has 2 amide bonds. The van der Waals surface area contributed by atoms with Crippen molar-refractivity contribution in [1.82, 2.24) is 10.2 Å². The van der Waals surface area contributed by atoms with E-state index in [0.29, 0.717) is 18.5 Å². The second-order valence-electron chi connectivity index (χ2n) is 5.95. The predicted molar refractivity (Wildman–Crippen MR) is 71.5 cm³/mol. The molecule has 1 aliphatic heterocycles. The van der Waals surface area contributed by atoms with Crippen molar-refractivity contribution in [1.29, 1.82) is 0 Å². The maximum atomic E-state index is 13.6. The van der Waals surface area contributed by atoms with Crippen LogP contribution in [0.25, 0.3) is 0 Å². The summed E-state index contributed by atoms with van der Waals surface area (Å²) in [5.74, 6) is -0.225. The first-order chi connectivity index (χ1) is 10.3. The smallest absolute Gasteiger partial charge is 0.334 e. The minimum atomic E-state index is -4.53. The molecule has 0 unspecified atom stereocenters. The number of nitrogens with one attached hydrogen (secondary N) is 1. The van der Waals surface area contributed by atoms with E-state index in [1.807, 2.05) is 0 Å². The molecule has 0 aromatic heterocycles. The van der Waals surface area contributed by atoms with Crippen molar-refractivity contribution in [3.8, 4) is 0 Å². The van der Waals surface area contributed by atoms with Gasteiger partial charge in [0, 0.05) is 24.7 Å². The third-order valence-electron chi connectivity index (χ3n) is 4.47. The molecule has 22 heavy (non-hydrogen) atoms. The van der Waals surface area contributed by atoms with Gasteiger partial charge in [0.25, 0.3) is 0 Å². The van der Waals surface area contributed by atoms with Gasteiger partial charge in [-0.25, -0.2) is 9.18 Å². The highest BCUT2D eigenvalue weighted by Gasteiger charge is 2.40. The first-order valence-corrected chi connectivity index (χ1v) is 7.24. The summed E-state index contributed by atoms with van der Waals surface area (Å²) in [6.07, 6.45) is -1.45. The Labute approximate surface area is 125 Å². The zero-order valence-corrected chi connectivity index (χ0v) is 11.8. The molecule has 2 atom stereocenters. The molecule has 2 aliphatic rings. The number of hydrogen-bond acceptors (Lipinski definition) is 1. The number of carbonyl (C=O) groups excluding carboxylic acids is 1. The lowest BCUT2D eigenvalue weighted by Gasteiger charge is -2.27. The maximum Gasteiger partial charge on any atom is 0.416 e. The Kier molecular flexibility index (Phi) is 3.74. The van der Waals surface area contributed by atoms with Crippen LogP contribution in [0.15, 0.2) is 18.2 Å². The van der Waals surface area contributed by atoms with Crippen LogP contribution in [0.1, 0.15) is 30.4 Å². The molecule has 1 saturated carbocycles. The van der Waals surface area contributed by atoms with Crippen molar-refractivity contribution >= 4 is 6.03 Å². The Balaban J connectivity index is 1.65. The molecule has 1 heterocycles.